The van der Waals surface area contributed by atoms with Crippen molar-refractivity contribution in [1.82, 2.24) is 0 Å². The highest BCUT2D eigenvalue weighted by Gasteiger charge is 2.20. The van der Waals surface area contributed by atoms with Crippen molar-refractivity contribution in [3.8, 4) is 44.5 Å². The van der Waals surface area contributed by atoms with Crippen molar-refractivity contribution in [2.75, 3.05) is 0 Å². The number of fused-ring (bicyclic) bond motifs is 7. The van der Waals surface area contributed by atoms with Gasteiger partial charge in [-0.15, -0.1) is 0 Å². The van der Waals surface area contributed by atoms with Crippen molar-refractivity contribution in [3.63, 3.8) is 0 Å². The average Bonchev–Trinajstić information content (AvgIpc) is 3.70. The lowest BCUT2D eigenvalue weighted by atomic mass is 9.83. The van der Waals surface area contributed by atoms with Crippen LogP contribution in [0.2, 0.25) is 0 Å². The van der Waals surface area contributed by atoms with Gasteiger partial charge in [-0.1, -0.05) is 164 Å². The van der Waals surface area contributed by atoms with Gasteiger partial charge < -0.3 is 4.42 Å². The summed E-state index contributed by atoms with van der Waals surface area (Å²) in [5.41, 5.74) is 3.57. The topological polar surface area (TPSA) is 13.1 Å². The summed E-state index contributed by atoms with van der Waals surface area (Å²) in [7, 11) is 0. The molecule has 0 aliphatic heterocycles. The first-order chi connectivity index (χ1) is 29.7. The van der Waals surface area contributed by atoms with Gasteiger partial charge in [0.05, 0.1) is 17.8 Å². The summed E-state index contributed by atoms with van der Waals surface area (Å²) in [5.74, 6) is 0. The molecule has 1 heterocycles. The maximum atomic E-state index is 9.70. The lowest BCUT2D eigenvalue weighted by Crippen LogP contribution is -1.92. The van der Waals surface area contributed by atoms with E-state index in [2.05, 4.69) is 0 Å². The van der Waals surface area contributed by atoms with Crippen LogP contribution < -0.4 is 0 Å². The Labute approximate surface area is 302 Å². The van der Waals surface area contributed by atoms with Crippen LogP contribution in [0.25, 0.3) is 98.8 Å². The number of benzene rings is 9. The SMILES string of the molecule is [2H]c1c([2H])c([2H])c(-c2c3ccccc3c(-c3c([2H])c([2H])c4c(oc5c6c([2H])c([2H])c([2H])c([2H])c6c([2H])c([2H])c54)c3[2H])c3ccccc23)c(-c2ccc(-c3ccccc3)cc2)c1[2H]. The second-order valence-corrected chi connectivity index (χ2v) is 11.8. The lowest BCUT2D eigenvalue weighted by molar-refractivity contribution is 0.673. The Morgan fingerprint density at radius 2 is 0.939 bits per heavy atom. The van der Waals surface area contributed by atoms with Gasteiger partial charge in [0.25, 0.3) is 0 Å². The van der Waals surface area contributed by atoms with Crippen LogP contribution in [-0.2, 0) is 0 Å². The Hall–Kier alpha value is -6.44. The first kappa shape index (κ1) is 17.6. The molecular formula is C48H30O. The third-order valence-electron chi connectivity index (χ3n) is 9.09. The fraction of sp³-hybridized carbons (Fsp3) is 0. The third kappa shape index (κ3) is 4.40. The third-order valence-corrected chi connectivity index (χ3v) is 9.09. The fourth-order valence-corrected chi connectivity index (χ4v) is 6.87. The van der Waals surface area contributed by atoms with E-state index >= 15 is 0 Å². The Balaban J connectivity index is 1.31. The first-order valence-electron chi connectivity index (χ1n) is 22.3. The summed E-state index contributed by atoms with van der Waals surface area (Å²) < 4.78 is 123. The predicted molar refractivity (Wildman–Crippen MR) is 208 cm³/mol. The highest BCUT2D eigenvalue weighted by Crippen LogP contribution is 2.47. The van der Waals surface area contributed by atoms with E-state index in [-0.39, 0.29) is 74.0 Å². The van der Waals surface area contributed by atoms with Crippen LogP contribution in [0.5, 0.6) is 0 Å². The van der Waals surface area contributed by atoms with Crippen molar-refractivity contribution in [3.05, 3.63) is 182 Å². The minimum absolute atomic E-state index is 0.0102. The Bertz CT molecular complexity index is 3540. The van der Waals surface area contributed by atoms with Crippen LogP contribution in [0, 0.1) is 0 Å². The number of hydrogen-bond donors (Lipinski definition) is 0. The molecule has 0 saturated heterocycles. The molecule has 228 valence electrons. The molecule has 1 nitrogen and oxygen atoms in total. The number of rotatable bonds is 4. The van der Waals surface area contributed by atoms with E-state index in [0.717, 1.165) is 11.1 Å². The van der Waals surface area contributed by atoms with Gasteiger partial charge in [0, 0.05) is 16.2 Å². The van der Waals surface area contributed by atoms with Crippen LogP contribution in [0.15, 0.2) is 186 Å². The molecule has 0 amide bonds. The molecule has 0 N–H and O–H groups in total. The van der Waals surface area contributed by atoms with E-state index in [9.17, 15) is 6.85 Å². The highest BCUT2D eigenvalue weighted by atomic mass is 16.3. The second kappa shape index (κ2) is 11.1. The summed E-state index contributed by atoms with van der Waals surface area (Å²) in [6, 6.07) is 26.2. The van der Waals surface area contributed by atoms with Gasteiger partial charge in [-0.25, -0.2) is 0 Å². The van der Waals surface area contributed by atoms with Crippen LogP contribution in [0.1, 0.15) is 17.8 Å². The Kier molecular flexibility index (Phi) is 3.99. The summed E-state index contributed by atoms with van der Waals surface area (Å²) >= 11 is 0. The molecule has 9 aromatic carbocycles. The molecule has 0 aliphatic carbocycles. The zero-order valence-electron chi connectivity index (χ0n) is 38.7. The largest absolute Gasteiger partial charge is 0.455 e. The predicted octanol–water partition coefficient (Wildman–Crippen LogP) is 13.7. The van der Waals surface area contributed by atoms with E-state index in [4.69, 9.17) is 15.4 Å². The fourth-order valence-electron chi connectivity index (χ4n) is 6.87. The Morgan fingerprint density at radius 3 is 1.67 bits per heavy atom. The lowest BCUT2D eigenvalue weighted by Gasteiger charge is -2.19. The summed E-state index contributed by atoms with van der Waals surface area (Å²) in [6.45, 7) is 0. The zero-order valence-corrected chi connectivity index (χ0v) is 25.7. The monoisotopic (exact) mass is 635 g/mol. The second-order valence-electron chi connectivity index (χ2n) is 11.8. The van der Waals surface area contributed by atoms with Gasteiger partial charge in [-0.05, 0) is 89.6 Å². The average molecular weight is 636 g/mol. The van der Waals surface area contributed by atoms with Crippen LogP contribution in [-0.4, -0.2) is 0 Å². The molecule has 1 heteroatoms. The van der Waals surface area contributed by atoms with E-state index < -0.39 is 48.3 Å². The van der Waals surface area contributed by atoms with Crippen molar-refractivity contribution < 1.29 is 22.2 Å². The minimum atomic E-state index is -0.578. The molecular weight excluding hydrogens is 593 g/mol. The van der Waals surface area contributed by atoms with Crippen molar-refractivity contribution >= 4 is 54.3 Å². The standard InChI is InChI=1S/C48H30O/c1-2-12-31(13-3-1)32-22-24-34(25-23-32)36-15-6-7-17-39(36)47-42-20-10-8-18-40(42)46(41-19-9-11-21-43(41)47)35-27-28-38-44-29-26-33-14-4-5-16-37(33)48(44)49-45(38)30-35/h1-30H/i4D,5D,6D,7D,14D,15D,16D,17D,26D,27D,28D,29D,30D. The van der Waals surface area contributed by atoms with Gasteiger partial charge in [-0.3, -0.25) is 0 Å². The van der Waals surface area contributed by atoms with Crippen LogP contribution in [0.4, 0.5) is 0 Å². The molecule has 0 radical (unpaired) electrons. The first-order valence-corrected chi connectivity index (χ1v) is 15.8. The summed E-state index contributed by atoms with van der Waals surface area (Å²) in [4.78, 5) is 0. The van der Waals surface area contributed by atoms with Gasteiger partial charge in [0.1, 0.15) is 11.2 Å². The van der Waals surface area contributed by atoms with Crippen molar-refractivity contribution in [2.45, 2.75) is 0 Å². The van der Waals surface area contributed by atoms with Gasteiger partial charge in [-0.2, -0.15) is 0 Å². The van der Waals surface area contributed by atoms with E-state index in [1.807, 2.05) is 66.7 Å². The molecule has 49 heavy (non-hydrogen) atoms. The number of furan rings is 1. The minimum Gasteiger partial charge on any atom is -0.455 e. The molecule has 0 spiro atoms. The molecule has 10 rings (SSSR count). The Morgan fingerprint density at radius 1 is 0.367 bits per heavy atom. The van der Waals surface area contributed by atoms with E-state index in [1.54, 1.807) is 36.4 Å². The molecule has 0 atom stereocenters. The van der Waals surface area contributed by atoms with Gasteiger partial charge in [0.2, 0.25) is 0 Å². The normalized spacial score (nSPS) is 15.4. The van der Waals surface area contributed by atoms with Crippen molar-refractivity contribution in [2.24, 2.45) is 0 Å². The van der Waals surface area contributed by atoms with Crippen LogP contribution in [0.3, 0.4) is 0 Å². The highest BCUT2D eigenvalue weighted by molar-refractivity contribution is 6.23. The summed E-state index contributed by atoms with van der Waals surface area (Å²) in [6.07, 6.45) is 0. The molecule has 0 bridgehead atoms. The maximum absolute atomic E-state index is 9.70. The molecule has 0 fully saturated rings. The molecule has 0 unspecified atom stereocenters. The zero-order chi connectivity index (χ0) is 43.6. The summed E-state index contributed by atoms with van der Waals surface area (Å²) in [5, 5.41) is 1.56. The van der Waals surface area contributed by atoms with E-state index in [1.165, 1.54) is 0 Å². The van der Waals surface area contributed by atoms with Gasteiger partial charge >= 0.3 is 0 Å². The molecule has 1 aromatic heterocycles. The molecule has 0 saturated carbocycles. The van der Waals surface area contributed by atoms with Crippen LogP contribution >= 0.6 is 0 Å². The van der Waals surface area contributed by atoms with E-state index in [0.29, 0.717) is 43.8 Å². The number of hydrogen-bond acceptors (Lipinski definition) is 1. The van der Waals surface area contributed by atoms with Gasteiger partial charge in [0.15, 0.2) is 0 Å². The maximum Gasteiger partial charge on any atom is 0.143 e. The van der Waals surface area contributed by atoms with Crippen molar-refractivity contribution in [1.29, 1.82) is 0 Å². The smallest absolute Gasteiger partial charge is 0.143 e. The molecule has 0 aliphatic rings. The quantitative estimate of drug-likeness (QED) is 0.175. The molecule has 10 aromatic rings.